The van der Waals surface area contributed by atoms with Gasteiger partial charge in [0.15, 0.2) is 0 Å². The third-order valence-corrected chi connectivity index (χ3v) is 3.86. The average molecular weight is 261 g/mol. The van der Waals surface area contributed by atoms with Crippen molar-refractivity contribution in [3.63, 3.8) is 0 Å². The highest BCUT2D eigenvalue weighted by Gasteiger charge is 2.20. The molecule has 0 saturated carbocycles. The summed E-state index contributed by atoms with van der Waals surface area (Å²) in [6.45, 7) is 5.40. The van der Waals surface area contributed by atoms with Crippen molar-refractivity contribution in [3.05, 3.63) is 35.3 Å². The van der Waals surface area contributed by atoms with Crippen molar-refractivity contribution in [3.8, 4) is 0 Å². The molecule has 2 nitrogen and oxygen atoms in total. The van der Waals surface area contributed by atoms with Crippen molar-refractivity contribution in [2.45, 2.75) is 64.8 Å². The summed E-state index contributed by atoms with van der Waals surface area (Å²) in [6, 6.07) is 4.56. The van der Waals surface area contributed by atoms with Gasteiger partial charge >= 0.3 is 0 Å². The quantitative estimate of drug-likeness (QED) is 0.746. The molecule has 0 saturated heterocycles. The molecule has 0 amide bonds. The van der Waals surface area contributed by atoms with Gasteiger partial charge in [-0.05, 0) is 56.4 Å². The van der Waals surface area contributed by atoms with Crippen LogP contribution in [0.4, 0.5) is 0 Å². The maximum atomic E-state index is 5.98. The second kappa shape index (κ2) is 7.54. The van der Waals surface area contributed by atoms with E-state index < -0.39 is 0 Å². The van der Waals surface area contributed by atoms with Crippen LogP contribution in [-0.2, 0) is 6.42 Å². The molecule has 1 N–H and O–H groups in total. The Hall–Kier alpha value is -1.02. The molecule has 0 fully saturated rings. The van der Waals surface area contributed by atoms with Gasteiger partial charge in [0.05, 0.1) is 6.04 Å². The van der Waals surface area contributed by atoms with Crippen LogP contribution in [0.5, 0.6) is 0 Å². The van der Waals surface area contributed by atoms with Crippen LogP contribution in [0.25, 0.3) is 0 Å². The number of nitrogens with one attached hydrogen (secondary N) is 1. The van der Waals surface area contributed by atoms with Gasteiger partial charge in [0.25, 0.3) is 0 Å². The Bertz CT molecular complexity index is 405. The summed E-state index contributed by atoms with van der Waals surface area (Å²) in [4.78, 5) is 0. The summed E-state index contributed by atoms with van der Waals surface area (Å²) in [5, 5.41) is 3.66. The fourth-order valence-electron chi connectivity index (χ4n) is 2.74. The molecule has 19 heavy (non-hydrogen) atoms. The minimum atomic E-state index is 0.290. The molecule has 1 aromatic rings. The summed E-state index contributed by atoms with van der Waals surface area (Å²) in [5.41, 5.74) is 1.53. The van der Waals surface area contributed by atoms with Gasteiger partial charge in [-0.3, -0.25) is 0 Å². The largest absolute Gasteiger partial charge is 0.464 e. The van der Waals surface area contributed by atoms with Crippen molar-refractivity contribution in [2.75, 3.05) is 6.54 Å². The Labute approximate surface area is 117 Å². The fraction of sp³-hybridized carbons (Fsp3) is 0.647. The Balaban J connectivity index is 2.16. The zero-order valence-corrected chi connectivity index (χ0v) is 12.4. The van der Waals surface area contributed by atoms with Gasteiger partial charge in [-0.1, -0.05) is 26.3 Å². The Kier molecular flexibility index (Phi) is 5.71. The van der Waals surface area contributed by atoms with Crippen LogP contribution >= 0.6 is 0 Å². The van der Waals surface area contributed by atoms with Gasteiger partial charge in [0.1, 0.15) is 11.5 Å². The second-order valence-corrected chi connectivity index (χ2v) is 5.42. The van der Waals surface area contributed by atoms with Crippen molar-refractivity contribution >= 4 is 0 Å². The molecular weight excluding hydrogens is 234 g/mol. The number of rotatable bonds is 6. The van der Waals surface area contributed by atoms with E-state index in [9.17, 15) is 0 Å². The smallest absolute Gasteiger partial charge is 0.125 e. The van der Waals surface area contributed by atoms with Gasteiger partial charge in [-0.25, -0.2) is 0 Å². The first-order valence-corrected chi connectivity index (χ1v) is 7.86. The minimum absolute atomic E-state index is 0.290. The zero-order chi connectivity index (χ0) is 13.5. The van der Waals surface area contributed by atoms with Crippen LogP contribution in [0.1, 0.15) is 69.9 Å². The molecule has 2 heteroatoms. The number of allylic oxidation sites excluding steroid dienone is 1. The lowest BCUT2D eigenvalue weighted by atomic mass is 9.99. The SMILES string of the molecule is CCCNC(C1=CCCCCC1)c1ccc(CC)o1. The lowest BCUT2D eigenvalue weighted by Crippen LogP contribution is -2.23. The topological polar surface area (TPSA) is 25.2 Å². The molecule has 0 aromatic carbocycles. The van der Waals surface area contributed by atoms with Crippen LogP contribution in [0.15, 0.2) is 28.2 Å². The monoisotopic (exact) mass is 261 g/mol. The highest BCUT2D eigenvalue weighted by atomic mass is 16.3. The summed E-state index contributed by atoms with van der Waals surface area (Å²) in [5.74, 6) is 2.19. The molecule has 2 rings (SSSR count). The standard InChI is InChI=1S/C17H27NO/c1-3-13-18-17(14-9-7-5-6-8-10-14)16-12-11-15(4-2)19-16/h9,11-12,17-18H,3-8,10,13H2,1-2H3. The van der Waals surface area contributed by atoms with E-state index in [0.29, 0.717) is 6.04 Å². The molecule has 1 aliphatic carbocycles. The number of aryl methyl sites for hydroxylation is 1. The first-order chi connectivity index (χ1) is 9.35. The highest BCUT2D eigenvalue weighted by Crippen LogP contribution is 2.30. The molecule has 1 atom stereocenters. The maximum absolute atomic E-state index is 5.98. The maximum Gasteiger partial charge on any atom is 0.125 e. The van der Waals surface area contributed by atoms with Crippen LogP contribution < -0.4 is 5.32 Å². The Morgan fingerprint density at radius 2 is 2.11 bits per heavy atom. The molecule has 1 aliphatic rings. The van der Waals surface area contributed by atoms with Crippen LogP contribution in [-0.4, -0.2) is 6.54 Å². The van der Waals surface area contributed by atoms with E-state index in [2.05, 4.69) is 37.4 Å². The van der Waals surface area contributed by atoms with E-state index in [1.807, 2.05) is 0 Å². The van der Waals surface area contributed by atoms with Crippen LogP contribution in [0.3, 0.4) is 0 Å². The molecule has 1 unspecified atom stereocenters. The van der Waals surface area contributed by atoms with E-state index in [4.69, 9.17) is 4.42 Å². The van der Waals surface area contributed by atoms with Crippen LogP contribution in [0, 0.1) is 0 Å². The summed E-state index contributed by atoms with van der Waals surface area (Å²) in [7, 11) is 0. The Morgan fingerprint density at radius 3 is 2.84 bits per heavy atom. The lowest BCUT2D eigenvalue weighted by molar-refractivity contribution is 0.413. The number of hydrogen-bond donors (Lipinski definition) is 1. The van der Waals surface area contributed by atoms with Gasteiger partial charge in [0.2, 0.25) is 0 Å². The van der Waals surface area contributed by atoms with Crippen molar-refractivity contribution in [1.29, 1.82) is 0 Å². The van der Waals surface area contributed by atoms with Gasteiger partial charge in [-0.15, -0.1) is 0 Å². The number of furan rings is 1. The summed E-state index contributed by atoms with van der Waals surface area (Å²) < 4.78 is 5.98. The number of hydrogen-bond acceptors (Lipinski definition) is 2. The average Bonchev–Trinajstić information content (AvgIpc) is 2.74. The van der Waals surface area contributed by atoms with Gasteiger partial charge < -0.3 is 9.73 Å². The van der Waals surface area contributed by atoms with Gasteiger partial charge in [-0.2, -0.15) is 0 Å². The van der Waals surface area contributed by atoms with E-state index in [0.717, 1.165) is 30.9 Å². The zero-order valence-electron chi connectivity index (χ0n) is 12.4. The fourth-order valence-corrected chi connectivity index (χ4v) is 2.74. The van der Waals surface area contributed by atoms with Crippen molar-refractivity contribution in [2.24, 2.45) is 0 Å². The third kappa shape index (κ3) is 3.97. The predicted molar refractivity (Wildman–Crippen MR) is 80.3 cm³/mol. The molecule has 1 aromatic heterocycles. The Morgan fingerprint density at radius 1 is 1.21 bits per heavy atom. The van der Waals surface area contributed by atoms with Crippen molar-refractivity contribution in [1.82, 2.24) is 5.32 Å². The van der Waals surface area contributed by atoms with E-state index >= 15 is 0 Å². The van der Waals surface area contributed by atoms with E-state index in [-0.39, 0.29) is 0 Å². The van der Waals surface area contributed by atoms with E-state index in [1.54, 1.807) is 0 Å². The first-order valence-electron chi connectivity index (χ1n) is 7.86. The molecule has 106 valence electrons. The first kappa shape index (κ1) is 14.4. The second-order valence-electron chi connectivity index (χ2n) is 5.42. The molecule has 0 aliphatic heterocycles. The summed E-state index contributed by atoms with van der Waals surface area (Å²) in [6.07, 6.45) is 11.0. The molecule has 0 bridgehead atoms. The molecular formula is C17H27NO. The van der Waals surface area contributed by atoms with Crippen LogP contribution in [0.2, 0.25) is 0 Å². The normalized spacial score (nSPS) is 17.9. The highest BCUT2D eigenvalue weighted by molar-refractivity contribution is 5.23. The predicted octanol–water partition coefficient (Wildman–Crippen LogP) is 4.77. The van der Waals surface area contributed by atoms with Crippen molar-refractivity contribution < 1.29 is 4.42 Å². The molecule has 0 radical (unpaired) electrons. The minimum Gasteiger partial charge on any atom is -0.464 e. The third-order valence-electron chi connectivity index (χ3n) is 3.86. The lowest BCUT2D eigenvalue weighted by Gasteiger charge is -2.19. The molecule has 0 spiro atoms. The van der Waals surface area contributed by atoms with Gasteiger partial charge in [0, 0.05) is 6.42 Å². The van der Waals surface area contributed by atoms with E-state index in [1.165, 1.54) is 37.7 Å². The molecule has 1 heterocycles. The summed E-state index contributed by atoms with van der Waals surface area (Å²) >= 11 is 0.